The van der Waals surface area contributed by atoms with Gasteiger partial charge in [0.15, 0.2) is 6.29 Å². The number of ether oxygens (including phenoxy) is 2. The van der Waals surface area contributed by atoms with E-state index in [0.717, 1.165) is 77.0 Å². The van der Waals surface area contributed by atoms with Gasteiger partial charge in [-0.25, -0.2) is 4.18 Å². The first-order chi connectivity index (χ1) is 25.9. The minimum absolute atomic E-state index is 0.222. The molecular formula is C40H71NO12S. The number of unbranched alkanes of at least 4 members (excludes halogenated alkanes) is 13. The Hall–Kier alpha value is -1.98. The van der Waals surface area contributed by atoms with Gasteiger partial charge in [0.2, 0.25) is 5.91 Å². The minimum Gasteiger partial charge on any atom is -0.394 e. The van der Waals surface area contributed by atoms with Crippen molar-refractivity contribution in [3.63, 3.8) is 0 Å². The number of aliphatic hydroxyl groups is 5. The van der Waals surface area contributed by atoms with Crippen LogP contribution in [-0.2, 0) is 28.9 Å². The molecule has 1 aliphatic rings. The summed E-state index contributed by atoms with van der Waals surface area (Å²) in [5.74, 6) is -0.727. The van der Waals surface area contributed by atoms with Crippen LogP contribution in [0.15, 0.2) is 48.6 Å². The van der Waals surface area contributed by atoms with E-state index in [1.807, 2.05) is 0 Å². The van der Waals surface area contributed by atoms with Gasteiger partial charge in [-0.3, -0.25) is 9.35 Å². The van der Waals surface area contributed by atoms with Crippen LogP contribution < -0.4 is 5.32 Å². The van der Waals surface area contributed by atoms with Crippen LogP contribution in [0.2, 0.25) is 0 Å². The van der Waals surface area contributed by atoms with Gasteiger partial charge in [0.25, 0.3) is 0 Å². The molecule has 0 aromatic rings. The molecule has 54 heavy (non-hydrogen) atoms. The molecule has 0 aliphatic carbocycles. The number of amides is 1. The van der Waals surface area contributed by atoms with E-state index >= 15 is 0 Å². The number of hydrogen-bond acceptors (Lipinski definition) is 11. The summed E-state index contributed by atoms with van der Waals surface area (Å²) in [7, 11) is -5.12. The van der Waals surface area contributed by atoms with Crippen LogP contribution >= 0.6 is 0 Å². The molecule has 8 atom stereocenters. The molecule has 0 saturated carbocycles. The molecule has 0 aromatic heterocycles. The van der Waals surface area contributed by atoms with E-state index in [2.05, 4.69) is 59.8 Å². The number of hydrogen-bond donors (Lipinski definition) is 7. The number of rotatable bonds is 32. The van der Waals surface area contributed by atoms with Gasteiger partial charge in [0.1, 0.15) is 30.5 Å². The third-order valence-electron chi connectivity index (χ3n) is 9.19. The second-order valence-corrected chi connectivity index (χ2v) is 15.0. The van der Waals surface area contributed by atoms with Crippen LogP contribution in [0.1, 0.15) is 136 Å². The third-order valence-corrected chi connectivity index (χ3v) is 9.66. The van der Waals surface area contributed by atoms with Gasteiger partial charge in [-0.1, -0.05) is 120 Å². The Morgan fingerprint density at radius 1 is 0.759 bits per heavy atom. The van der Waals surface area contributed by atoms with E-state index in [-0.39, 0.29) is 6.42 Å². The normalized spacial score (nSPS) is 22.9. The SMILES string of the molecule is CCCCC/C=C\C/C=C\CCCCCCCCC(O)C(=O)NC(COC1OC(CO)C(O)C(OS(=O)(=O)O)C1O)C(O)/C=C/CC/C=C/CCCCC. The van der Waals surface area contributed by atoms with Crippen LogP contribution in [0, 0.1) is 0 Å². The summed E-state index contributed by atoms with van der Waals surface area (Å²) >= 11 is 0. The third kappa shape index (κ3) is 23.8. The highest BCUT2D eigenvalue weighted by Crippen LogP contribution is 2.26. The zero-order valence-corrected chi connectivity index (χ0v) is 33.4. The van der Waals surface area contributed by atoms with Crippen molar-refractivity contribution in [1.82, 2.24) is 5.32 Å². The average molecular weight is 790 g/mol. The zero-order valence-electron chi connectivity index (χ0n) is 32.6. The Morgan fingerprint density at radius 3 is 1.89 bits per heavy atom. The number of carbonyl (C=O) groups excluding carboxylic acids is 1. The van der Waals surface area contributed by atoms with Crippen molar-refractivity contribution in [2.45, 2.75) is 185 Å². The van der Waals surface area contributed by atoms with Crippen molar-refractivity contribution in [2.75, 3.05) is 13.2 Å². The first-order valence-corrected chi connectivity index (χ1v) is 21.5. The second kappa shape index (κ2) is 31.1. The van der Waals surface area contributed by atoms with Crippen molar-refractivity contribution in [2.24, 2.45) is 0 Å². The highest BCUT2D eigenvalue weighted by atomic mass is 32.3. The number of allylic oxidation sites excluding steroid dienone is 7. The van der Waals surface area contributed by atoms with Crippen molar-refractivity contribution in [1.29, 1.82) is 0 Å². The molecule has 1 rings (SSSR count). The molecule has 314 valence electrons. The van der Waals surface area contributed by atoms with Gasteiger partial charge < -0.3 is 40.3 Å². The molecule has 1 fully saturated rings. The predicted molar refractivity (Wildman–Crippen MR) is 210 cm³/mol. The number of carbonyl (C=O) groups is 1. The lowest BCUT2D eigenvalue weighted by atomic mass is 9.99. The summed E-state index contributed by atoms with van der Waals surface area (Å²) < 4.78 is 47.2. The first kappa shape index (κ1) is 50.0. The van der Waals surface area contributed by atoms with Crippen LogP contribution in [0.5, 0.6) is 0 Å². The lowest BCUT2D eigenvalue weighted by Gasteiger charge is -2.41. The first-order valence-electron chi connectivity index (χ1n) is 20.1. The quantitative estimate of drug-likeness (QED) is 0.0255. The molecular weight excluding hydrogens is 719 g/mol. The van der Waals surface area contributed by atoms with Gasteiger partial charge in [-0.15, -0.1) is 0 Å². The Kier molecular flexibility index (Phi) is 28.9. The summed E-state index contributed by atoms with van der Waals surface area (Å²) in [5, 5.41) is 54.8. The van der Waals surface area contributed by atoms with Crippen molar-refractivity contribution in [3.05, 3.63) is 48.6 Å². The molecule has 8 unspecified atom stereocenters. The summed E-state index contributed by atoms with van der Waals surface area (Å²) in [5.41, 5.74) is 0. The van der Waals surface area contributed by atoms with E-state index in [9.17, 15) is 38.7 Å². The van der Waals surface area contributed by atoms with Crippen molar-refractivity contribution >= 4 is 16.3 Å². The molecule has 14 heteroatoms. The maximum atomic E-state index is 13.0. The van der Waals surface area contributed by atoms with Crippen molar-refractivity contribution < 1.29 is 57.0 Å². The Morgan fingerprint density at radius 2 is 1.30 bits per heavy atom. The van der Waals surface area contributed by atoms with Crippen LogP contribution in [0.4, 0.5) is 0 Å². The Labute approximate surface area is 324 Å². The second-order valence-electron chi connectivity index (χ2n) is 14.0. The molecule has 0 bridgehead atoms. The highest BCUT2D eigenvalue weighted by molar-refractivity contribution is 7.80. The topological polar surface area (TPSA) is 212 Å². The summed E-state index contributed by atoms with van der Waals surface area (Å²) in [6.07, 6.45) is 23.7. The predicted octanol–water partition coefficient (Wildman–Crippen LogP) is 5.51. The molecule has 1 aliphatic heterocycles. The monoisotopic (exact) mass is 789 g/mol. The van der Waals surface area contributed by atoms with Crippen LogP contribution in [0.25, 0.3) is 0 Å². The van der Waals surface area contributed by atoms with Gasteiger partial charge in [-0.05, 0) is 64.2 Å². The van der Waals surface area contributed by atoms with Crippen LogP contribution in [-0.4, -0.2) is 107 Å². The minimum atomic E-state index is -5.12. The molecule has 7 N–H and O–H groups in total. The largest absolute Gasteiger partial charge is 0.397 e. The van der Waals surface area contributed by atoms with Gasteiger partial charge >= 0.3 is 10.4 Å². The van der Waals surface area contributed by atoms with Gasteiger partial charge in [-0.2, -0.15) is 8.42 Å². The zero-order chi connectivity index (χ0) is 40.0. The lowest BCUT2D eigenvalue weighted by Crippen LogP contribution is -2.61. The fraction of sp³-hybridized carbons (Fsp3) is 0.775. The molecule has 1 amide bonds. The van der Waals surface area contributed by atoms with E-state index in [1.165, 1.54) is 31.8 Å². The molecule has 0 spiro atoms. The molecule has 1 saturated heterocycles. The molecule has 0 aromatic carbocycles. The Balaban J connectivity index is 2.65. The summed E-state index contributed by atoms with van der Waals surface area (Å²) in [6.45, 7) is 3.07. The van der Waals surface area contributed by atoms with Crippen LogP contribution in [0.3, 0.4) is 0 Å². The standard InChI is InChI=1S/C40H71NO12S/c1-3-5-7-9-11-13-14-15-16-17-18-19-21-23-25-27-29-34(44)39(47)41-32(33(43)28-26-24-22-20-12-10-8-6-4-2)31-51-40-37(46)38(53-54(48,49)50)36(45)35(30-42)52-40/h11-13,15-16,20,26,28,32-38,40,42-46H,3-10,14,17-19,21-25,27,29-31H2,1-2H3,(H,41,47)(H,48,49,50)/b13-11-,16-15-,20-12+,28-26+. The fourth-order valence-electron chi connectivity index (χ4n) is 5.92. The summed E-state index contributed by atoms with van der Waals surface area (Å²) in [4.78, 5) is 13.0. The fourth-order valence-corrected chi connectivity index (χ4v) is 6.42. The Bertz CT molecular complexity index is 1180. The summed E-state index contributed by atoms with van der Waals surface area (Å²) in [6, 6.07) is -1.14. The molecule has 13 nitrogen and oxygen atoms in total. The van der Waals surface area contributed by atoms with E-state index in [1.54, 1.807) is 6.08 Å². The van der Waals surface area contributed by atoms with E-state index in [0.29, 0.717) is 12.8 Å². The van der Waals surface area contributed by atoms with E-state index in [4.69, 9.17) is 14.0 Å². The van der Waals surface area contributed by atoms with Crippen molar-refractivity contribution in [3.8, 4) is 0 Å². The van der Waals surface area contributed by atoms with Gasteiger partial charge in [0.05, 0.1) is 25.4 Å². The maximum Gasteiger partial charge on any atom is 0.397 e. The van der Waals surface area contributed by atoms with Gasteiger partial charge in [0, 0.05) is 0 Å². The van der Waals surface area contributed by atoms with E-state index < -0.39 is 78.5 Å². The lowest BCUT2D eigenvalue weighted by molar-refractivity contribution is -0.298. The molecule has 1 heterocycles. The highest BCUT2D eigenvalue weighted by Gasteiger charge is 2.48. The maximum absolute atomic E-state index is 13.0. The molecule has 0 radical (unpaired) electrons. The smallest absolute Gasteiger partial charge is 0.394 e. The number of nitrogens with one attached hydrogen (secondary N) is 1. The number of aliphatic hydroxyl groups excluding tert-OH is 5. The average Bonchev–Trinajstić information content (AvgIpc) is 3.14.